The predicted octanol–water partition coefficient (Wildman–Crippen LogP) is 4.73. The van der Waals surface area contributed by atoms with E-state index < -0.39 is 28.9 Å². The number of anilines is 1. The lowest BCUT2D eigenvalue weighted by Crippen LogP contribution is -2.48. The molecule has 0 amide bonds. The Balaban J connectivity index is 1.62. The van der Waals surface area contributed by atoms with Gasteiger partial charge in [-0.15, -0.1) is 0 Å². The number of benzene rings is 3. The molecule has 0 aliphatic carbocycles. The Hall–Kier alpha value is -4.04. The van der Waals surface area contributed by atoms with Crippen molar-refractivity contribution in [3.8, 4) is 0 Å². The van der Waals surface area contributed by atoms with Crippen molar-refractivity contribution < 1.29 is 8.78 Å². The summed E-state index contributed by atoms with van der Waals surface area (Å²) in [4.78, 5) is 29.7. The molecular weight excluding hydrogens is 498 g/mol. The van der Waals surface area contributed by atoms with Crippen molar-refractivity contribution in [2.75, 3.05) is 18.0 Å². The molecule has 2 heterocycles. The van der Waals surface area contributed by atoms with Crippen molar-refractivity contribution in [1.82, 2.24) is 9.13 Å². The molecule has 8 heteroatoms. The Morgan fingerprint density at radius 3 is 2.21 bits per heavy atom. The molecule has 39 heavy (non-hydrogen) atoms. The molecule has 0 bridgehead atoms. The molecule has 202 valence electrons. The first-order chi connectivity index (χ1) is 18.8. The first-order valence-electron chi connectivity index (χ1n) is 13.2. The van der Waals surface area contributed by atoms with Crippen LogP contribution in [-0.2, 0) is 13.1 Å². The number of hydrogen-bond donors (Lipinski definition) is 1. The molecule has 0 saturated carbocycles. The van der Waals surface area contributed by atoms with Gasteiger partial charge in [-0.2, -0.15) is 0 Å². The van der Waals surface area contributed by atoms with Crippen LogP contribution >= 0.6 is 0 Å². The van der Waals surface area contributed by atoms with Gasteiger partial charge in [0.25, 0.3) is 5.56 Å². The molecule has 1 aromatic heterocycles. The molecule has 2 atom stereocenters. The van der Waals surface area contributed by atoms with E-state index in [9.17, 15) is 18.4 Å². The van der Waals surface area contributed by atoms with E-state index in [0.717, 1.165) is 35.1 Å². The minimum absolute atomic E-state index is 0.0648. The number of piperidine rings is 1. The molecule has 1 aliphatic rings. The summed E-state index contributed by atoms with van der Waals surface area (Å²) in [5.41, 5.74) is 7.83. The average Bonchev–Trinajstić information content (AvgIpc) is 2.96. The minimum Gasteiger partial charge on any atom is -0.365 e. The fraction of sp³-hybridized carbons (Fsp3) is 0.290. The maximum atomic E-state index is 14.7. The summed E-state index contributed by atoms with van der Waals surface area (Å²) >= 11 is 0. The fourth-order valence-corrected chi connectivity index (χ4v) is 5.52. The Morgan fingerprint density at radius 1 is 0.897 bits per heavy atom. The molecule has 1 fully saturated rings. The van der Waals surface area contributed by atoms with Crippen LogP contribution in [0.1, 0.15) is 47.2 Å². The van der Waals surface area contributed by atoms with Gasteiger partial charge in [-0.1, -0.05) is 66.7 Å². The van der Waals surface area contributed by atoms with E-state index in [-0.39, 0.29) is 24.6 Å². The zero-order chi connectivity index (χ0) is 27.5. The Labute approximate surface area is 225 Å². The summed E-state index contributed by atoms with van der Waals surface area (Å²) < 4.78 is 31.7. The van der Waals surface area contributed by atoms with Gasteiger partial charge >= 0.3 is 5.69 Å². The summed E-state index contributed by atoms with van der Waals surface area (Å²) in [6, 6.07) is 22.4. The monoisotopic (exact) mass is 530 g/mol. The van der Waals surface area contributed by atoms with Crippen molar-refractivity contribution in [1.29, 1.82) is 0 Å². The van der Waals surface area contributed by atoms with Crippen LogP contribution in [0.3, 0.4) is 0 Å². The minimum atomic E-state index is -0.747. The van der Waals surface area contributed by atoms with Gasteiger partial charge in [0.1, 0.15) is 17.3 Å². The number of hydrogen-bond acceptors (Lipinski definition) is 4. The van der Waals surface area contributed by atoms with Crippen LogP contribution in [0.15, 0.2) is 88.5 Å². The third-order valence-corrected chi connectivity index (χ3v) is 7.65. The highest BCUT2D eigenvalue weighted by molar-refractivity contribution is 5.50. The molecule has 2 unspecified atom stereocenters. The van der Waals surface area contributed by atoms with Crippen LogP contribution in [0.2, 0.25) is 0 Å². The van der Waals surface area contributed by atoms with Crippen molar-refractivity contribution >= 4 is 5.69 Å². The maximum Gasteiger partial charge on any atom is 0.331 e. The van der Waals surface area contributed by atoms with Gasteiger partial charge in [0.05, 0.1) is 13.1 Å². The van der Waals surface area contributed by atoms with Crippen molar-refractivity contribution in [3.05, 3.63) is 134 Å². The van der Waals surface area contributed by atoms with Crippen LogP contribution < -0.4 is 21.9 Å². The van der Waals surface area contributed by atoms with Gasteiger partial charge < -0.3 is 10.6 Å². The molecule has 4 aromatic rings. The van der Waals surface area contributed by atoms with Gasteiger partial charge in [-0.25, -0.2) is 13.6 Å². The third kappa shape index (κ3) is 5.43. The molecule has 1 saturated heterocycles. The first-order valence-corrected chi connectivity index (χ1v) is 13.2. The second kappa shape index (κ2) is 11.4. The summed E-state index contributed by atoms with van der Waals surface area (Å²) in [6.45, 7) is 2.50. The third-order valence-electron chi connectivity index (χ3n) is 7.65. The second-order valence-electron chi connectivity index (χ2n) is 10.1. The van der Waals surface area contributed by atoms with Crippen LogP contribution in [0.25, 0.3) is 0 Å². The Morgan fingerprint density at radius 2 is 1.54 bits per heavy atom. The van der Waals surface area contributed by atoms with Gasteiger partial charge in [0.15, 0.2) is 0 Å². The van der Waals surface area contributed by atoms with E-state index in [4.69, 9.17) is 5.73 Å². The summed E-state index contributed by atoms with van der Waals surface area (Å²) in [5, 5.41) is 0. The maximum absolute atomic E-state index is 14.7. The largest absolute Gasteiger partial charge is 0.365 e. The topological polar surface area (TPSA) is 73.3 Å². The highest BCUT2D eigenvalue weighted by atomic mass is 19.1. The standard InChI is InChI=1S/C31H32F2N4O2/c1-21-29(35-17-9-14-24(18-35)22-10-4-2-5-11-22)30(38)37(20-28(34)23-12-6-3-7-13-23)31(39)36(21)19-25-26(32)15-8-16-27(25)33/h2-8,10-13,15-16,24,28H,9,14,17-20,34H2,1H3. The molecule has 2 N–H and O–H groups in total. The molecule has 0 spiro atoms. The predicted molar refractivity (Wildman–Crippen MR) is 149 cm³/mol. The number of rotatable bonds is 7. The van der Waals surface area contributed by atoms with E-state index in [1.807, 2.05) is 53.4 Å². The number of halogens is 2. The quantitative estimate of drug-likeness (QED) is 0.375. The lowest BCUT2D eigenvalue weighted by Gasteiger charge is -2.35. The van der Waals surface area contributed by atoms with E-state index in [2.05, 4.69) is 12.1 Å². The smallest absolute Gasteiger partial charge is 0.331 e. The molecule has 1 aliphatic heterocycles. The van der Waals surface area contributed by atoms with Gasteiger partial charge in [0, 0.05) is 36.3 Å². The summed E-state index contributed by atoms with van der Waals surface area (Å²) in [7, 11) is 0. The van der Waals surface area contributed by atoms with Crippen molar-refractivity contribution in [3.63, 3.8) is 0 Å². The molecule has 3 aromatic carbocycles. The summed E-state index contributed by atoms with van der Waals surface area (Å²) in [6.07, 6.45) is 1.84. The van der Waals surface area contributed by atoms with Crippen molar-refractivity contribution in [2.24, 2.45) is 5.73 Å². The first kappa shape index (κ1) is 26.6. The Bertz CT molecular complexity index is 1550. The Kier molecular flexibility index (Phi) is 7.74. The normalized spacial score (nSPS) is 16.3. The van der Waals surface area contributed by atoms with E-state index >= 15 is 0 Å². The molecular formula is C31H32F2N4O2. The molecule has 0 radical (unpaired) electrons. The number of nitrogens with two attached hydrogens (primary N) is 1. The van der Waals surface area contributed by atoms with E-state index in [1.54, 1.807) is 6.92 Å². The van der Waals surface area contributed by atoms with Crippen LogP contribution in [0.5, 0.6) is 0 Å². The van der Waals surface area contributed by atoms with Gasteiger partial charge in [-0.05, 0) is 43.0 Å². The highest BCUT2D eigenvalue weighted by Gasteiger charge is 2.28. The lowest BCUT2D eigenvalue weighted by atomic mass is 9.90. The van der Waals surface area contributed by atoms with Crippen LogP contribution in [0.4, 0.5) is 14.5 Å². The van der Waals surface area contributed by atoms with Crippen LogP contribution in [-0.4, -0.2) is 22.2 Å². The highest BCUT2D eigenvalue weighted by Crippen LogP contribution is 2.30. The van der Waals surface area contributed by atoms with E-state index in [1.165, 1.54) is 16.2 Å². The molecule has 6 nitrogen and oxygen atoms in total. The van der Waals surface area contributed by atoms with Gasteiger partial charge in [-0.3, -0.25) is 13.9 Å². The molecule has 5 rings (SSSR count). The van der Waals surface area contributed by atoms with Gasteiger partial charge in [0.2, 0.25) is 0 Å². The average molecular weight is 531 g/mol. The SMILES string of the molecule is Cc1c(N2CCCC(c3ccccc3)C2)c(=O)n(CC(N)c2ccccc2)c(=O)n1Cc1c(F)cccc1F. The van der Waals surface area contributed by atoms with Crippen LogP contribution in [0, 0.1) is 18.6 Å². The zero-order valence-corrected chi connectivity index (χ0v) is 21.9. The van der Waals surface area contributed by atoms with E-state index in [0.29, 0.717) is 24.5 Å². The summed E-state index contributed by atoms with van der Waals surface area (Å²) in [5.74, 6) is -1.28. The number of aromatic nitrogens is 2. The lowest BCUT2D eigenvalue weighted by molar-refractivity contribution is 0.477. The fourth-order valence-electron chi connectivity index (χ4n) is 5.52. The number of nitrogens with zero attached hydrogens (tertiary/aromatic N) is 3. The zero-order valence-electron chi connectivity index (χ0n) is 21.9. The second-order valence-corrected chi connectivity index (χ2v) is 10.1. The van der Waals surface area contributed by atoms with Crippen molar-refractivity contribution in [2.45, 2.75) is 44.8 Å².